The van der Waals surface area contributed by atoms with Crippen molar-refractivity contribution in [3.05, 3.63) is 86.0 Å². The van der Waals surface area contributed by atoms with Crippen LogP contribution in [-0.2, 0) is 25.4 Å². The lowest BCUT2D eigenvalue weighted by molar-refractivity contribution is -0.117. The quantitative estimate of drug-likeness (QED) is 0.416. The summed E-state index contributed by atoms with van der Waals surface area (Å²) in [4.78, 5) is 47.2. The zero-order chi connectivity index (χ0) is 26.1. The van der Waals surface area contributed by atoms with Crippen LogP contribution in [0, 0.1) is 0 Å². The number of amides is 1. The molecule has 0 bridgehead atoms. The molecule has 10 nitrogen and oxygen atoms in total. The Morgan fingerprint density at radius 3 is 2.32 bits per heavy atom. The van der Waals surface area contributed by atoms with Gasteiger partial charge in [0.25, 0.3) is 5.56 Å². The number of hydrogen-bond acceptors (Lipinski definition) is 6. The minimum absolute atomic E-state index is 0.0656. The molecule has 0 aliphatic carbocycles. The summed E-state index contributed by atoms with van der Waals surface area (Å²) in [6, 6.07) is 16.9. The molecule has 0 saturated carbocycles. The smallest absolute Gasteiger partial charge is 0.332 e. The number of imidazole rings is 1. The molecule has 0 unspecified atom stereocenters. The molecule has 192 valence electrons. The Hall–Kier alpha value is -3.89. The molecule has 0 radical (unpaired) electrons. The summed E-state index contributed by atoms with van der Waals surface area (Å²) in [5.74, 6) is 0.533. The molecule has 5 rings (SSSR count). The largest absolute Gasteiger partial charge is 0.340 e. The number of para-hydroxylation sites is 1. The zero-order valence-electron chi connectivity index (χ0n) is 20.7. The van der Waals surface area contributed by atoms with E-state index < -0.39 is 11.2 Å². The number of aryl methyl sites for hydroxylation is 1. The molecule has 1 fully saturated rings. The second kappa shape index (κ2) is 10.2. The second-order valence-electron chi connectivity index (χ2n) is 9.14. The fourth-order valence-corrected chi connectivity index (χ4v) is 4.85. The highest BCUT2D eigenvalue weighted by molar-refractivity contribution is 6.31. The molecule has 1 aliphatic heterocycles. The predicted molar refractivity (Wildman–Crippen MR) is 144 cm³/mol. The third-order valence-electron chi connectivity index (χ3n) is 6.69. The van der Waals surface area contributed by atoms with Gasteiger partial charge in [-0.05, 0) is 23.8 Å². The molecule has 0 atom stereocenters. The predicted octanol–water partition coefficient (Wildman–Crippen LogP) is 1.90. The first kappa shape index (κ1) is 24.8. The molecular weight excluding hydrogens is 494 g/mol. The van der Waals surface area contributed by atoms with Gasteiger partial charge in [-0.15, -0.1) is 0 Å². The van der Waals surface area contributed by atoms with Crippen molar-refractivity contribution in [2.75, 3.05) is 42.9 Å². The maximum Gasteiger partial charge on any atom is 0.332 e. The van der Waals surface area contributed by atoms with E-state index in [4.69, 9.17) is 16.6 Å². The second-order valence-corrected chi connectivity index (χ2v) is 9.55. The molecule has 2 aromatic heterocycles. The van der Waals surface area contributed by atoms with Crippen LogP contribution >= 0.6 is 11.6 Å². The van der Waals surface area contributed by atoms with E-state index >= 15 is 0 Å². The first-order valence-corrected chi connectivity index (χ1v) is 12.4. The molecule has 1 aliphatic rings. The Morgan fingerprint density at radius 1 is 0.946 bits per heavy atom. The van der Waals surface area contributed by atoms with E-state index in [1.807, 2.05) is 59.2 Å². The van der Waals surface area contributed by atoms with Crippen molar-refractivity contribution in [1.29, 1.82) is 0 Å². The molecular formula is C26H28ClN7O3. The van der Waals surface area contributed by atoms with Gasteiger partial charge in [0.05, 0.1) is 13.1 Å². The fraction of sp³-hybridized carbons (Fsp3) is 0.308. The molecule has 37 heavy (non-hydrogen) atoms. The number of piperazine rings is 1. The van der Waals surface area contributed by atoms with Crippen LogP contribution in [0.5, 0.6) is 0 Å². The van der Waals surface area contributed by atoms with Gasteiger partial charge in [-0.25, -0.2) is 4.79 Å². The number of nitrogens with one attached hydrogen (secondary N) is 1. The van der Waals surface area contributed by atoms with Crippen LogP contribution < -0.4 is 21.5 Å². The van der Waals surface area contributed by atoms with Crippen LogP contribution in [0.15, 0.2) is 64.2 Å². The highest BCUT2D eigenvalue weighted by Crippen LogP contribution is 2.25. The number of benzene rings is 2. The van der Waals surface area contributed by atoms with Crippen molar-refractivity contribution in [2.24, 2.45) is 14.1 Å². The van der Waals surface area contributed by atoms with Gasteiger partial charge < -0.3 is 10.2 Å². The third kappa shape index (κ3) is 4.90. The summed E-state index contributed by atoms with van der Waals surface area (Å²) in [7, 11) is 3.08. The maximum atomic E-state index is 13.2. The van der Waals surface area contributed by atoms with Crippen molar-refractivity contribution in [3.8, 4) is 0 Å². The number of carbonyl (C=O) groups excluding carboxylic acids is 1. The summed E-state index contributed by atoms with van der Waals surface area (Å²) in [6.45, 7) is 3.13. The highest BCUT2D eigenvalue weighted by Gasteiger charge is 2.26. The van der Waals surface area contributed by atoms with E-state index in [1.165, 1.54) is 11.6 Å². The number of nitrogens with zero attached hydrogens (tertiary/aromatic N) is 6. The first-order chi connectivity index (χ1) is 17.8. The average molecular weight is 522 g/mol. The minimum Gasteiger partial charge on any atom is -0.340 e. The Morgan fingerprint density at radius 2 is 1.62 bits per heavy atom. The van der Waals surface area contributed by atoms with Gasteiger partial charge in [0.15, 0.2) is 11.2 Å². The number of anilines is 2. The van der Waals surface area contributed by atoms with Crippen LogP contribution in [0.2, 0.25) is 5.02 Å². The number of rotatable bonds is 6. The fourth-order valence-electron chi connectivity index (χ4n) is 4.65. The van der Waals surface area contributed by atoms with E-state index in [2.05, 4.69) is 15.1 Å². The molecule has 4 aromatic rings. The molecule has 3 heterocycles. The summed E-state index contributed by atoms with van der Waals surface area (Å²) in [5.41, 5.74) is 1.47. The van der Waals surface area contributed by atoms with Crippen molar-refractivity contribution < 1.29 is 4.79 Å². The van der Waals surface area contributed by atoms with E-state index in [1.54, 1.807) is 7.05 Å². The number of halogens is 1. The van der Waals surface area contributed by atoms with Gasteiger partial charge in [-0.3, -0.25) is 28.2 Å². The van der Waals surface area contributed by atoms with Gasteiger partial charge >= 0.3 is 5.69 Å². The van der Waals surface area contributed by atoms with E-state index in [9.17, 15) is 14.4 Å². The van der Waals surface area contributed by atoms with Crippen LogP contribution in [0.4, 0.5) is 11.6 Å². The Balaban J connectivity index is 1.42. The van der Waals surface area contributed by atoms with Crippen LogP contribution in [0.25, 0.3) is 11.2 Å². The zero-order valence-corrected chi connectivity index (χ0v) is 21.5. The molecule has 2 aromatic carbocycles. The lowest BCUT2D eigenvalue weighted by atomic mass is 10.2. The SMILES string of the molecule is Cn1c(=O)c2c(nc(N3CCN(CC(=O)Nc4ccccc4)CC3)n2Cc2ccccc2Cl)n(C)c1=O. The Bertz CT molecular complexity index is 1570. The maximum absolute atomic E-state index is 13.2. The lowest BCUT2D eigenvalue weighted by Crippen LogP contribution is -2.49. The molecule has 1 saturated heterocycles. The molecule has 1 amide bonds. The first-order valence-electron chi connectivity index (χ1n) is 12.1. The van der Waals surface area contributed by atoms with Crippen molar-refractivity contribution in [3.63, 3.8) is 0 Å². The highest BCUT2D eigenvalue weighted by atomic mass is 35.5. The summed E-state index contributed by atoms with van der Waals surface area (Å²) < 4.78 is 4.34. The number of hydrogen-bond donors (Lipinski definition) is 1. The van der Waals surface area contributed by atoms with Gasteiger partial charge in [0, 0.05) is 51.0 Å². The summed E-state index contributed by atoms with van der Waals surface area (Å²) >= 11 is 6.45. The summed E-state index contributed by atoms with van der Waals surface area (Å²) in [6.07, 6.45) is 0. The number of aromatic nitrogens is 4. The van der Waals surface area contributed by atoms with Gasteiger partial charge in [0.2, 0.25) is 11.9 Å². The third-order valence-corrected chi connectivity index (χ3v) is 7.06. The minimum atomic E-state index is -0.430. The monoisotopic (exact) mass is 521 g/mol. The summed E-state index contributed by atoms with van der Waals surface area (Å²) in [5, 5.41) is 3.51. The molecule has 11 heteroatoms. The van der Waals surface area contributed by atoms with Gasteiger partial charge in [-0.1, -0.05) is 48.0 Å². The van der Waals surface area contributed by atoms with Crippen molar-refractivity contribution >= 4 is 40.3 Å². The van der Waals surface area contributed by atoms with E-state index in [0.29, 0.717) is 54.9 Å². The van der Waals surface area contributed by atoms with Crippen LogP contribution in [-0.4, -0.2) is 62.2 Å². The van der Waals surface area contributed by atoms with Crippen LogP contribution in [0.3, 0.4) is 0 Å². The molecule has 0 spiro atoms. The standard InChI is InChI=1S/C26H28ClN7O3/c1-30-23-22(24(36)31(2)26(30)37)34(16-18-8-6-7-11-20(18)27)25(29-23)33-14-12-32(13-15-33)17-21(35)28-19-9-4-3-5-10-19/h3-11H,12-17H2,1-2H3,(H,28,35). The van der Waals surface area contributed by atoms with Crippen molar-refractivity contribution in [1.82, 2.24) is 23.6 Å². The van der Waals surface area contributed by atoms with E-state index in [-0.39, 0.29) is 12.5 Å². The van der Waals surface area contributed by atoms with Crippen molar-refractivity contribution in [2.45, 2.75) is 6.54 Å². The number of fused-ring (bicyclic) bond motifs is 1. The Labute approximate surface area is 218 Å². The number of carbonyl (C=O) groups is 1. The van der Waals surface area contributed by atoms with Gasteiger partial charge in [-0.2, -0.15) is 4.98 Å². The van der Waals surface area contributed by atoms with Crippen LogP contribution in [0.1, 0.15) is 5.56 Å². The average Bonchev–Trinajstić information content (AvgIpc) is 3.28. The normalized spacial score (nSPS) is 14.3. The molecule has 1 N–H and O–H groups in total. The topological polar surface area (TPSA) is 97.4 Å². The van der Waals surface area contributed by atoms with E-state index in [0.717, 1.165) is 15.8 Å². The Kier molecular flexibility index (Phi) is 6.86. The lowest BCUT2D eigenvalue weighted by Gasteiger charge is -2.35. The van der Waals surface area contributed by atoms with Gasteiger partial charge in [0.1, 0.15) is 0 Å².